The van der Waals surface area contributed by atoms with Crippen LogP contribution in [0, 0.1) is 4.91 Å². The summed E-state index contributed by atoms with van der Waals surface area (Å²) in [6, 6.07) is 7.34. The van der Waals surface area contributed by atoms with Crippen molar-refractivity contribution in [2.75, 3.05) is 12.3 Å². The summed E-state index contributed by atoms with van der Waals surface area (Å²) in [6.45, 7) is 2.02. The first-order chi connectivity index (χ1) is 13.4. The maximum absolute atomic E-state index is 12.1. The minimum atomic E-state index is -0.154. The zero-order chi connectivity index (χ0) is 20.1. The molecule has 0 spiro atoms. The fourth-order valence-corrected chi connectivity index (χ4v) is 3.00. The zero-order valence-electron chi connectivity index (χ0n) is 15.6. The van der Waals surface area contributed by atoms with E-state index < -0.39 is 0 Å². The number of anilines is 1. The Morgan fingerprint density at radius 2 is 1.96 bits per heavy atom. The lowest BCUT2D eigenvalue weighted by Gasteiger charge is -2.06. The molecule has 2 heterocycles. The van der Waals surface area contributed by atoms with Gasteiger partial charge in [-0.05, 0) is 43.9 Å². The smallest absolute Gasteiger partial charge is 0.339 e. The van der Waals surface area contributed by atoms with Gasteiger partial charge in [-0.3, -0.25) is 4.79 Å². The second kappa shape index (κ2) is 8.47. The van der Waals surface area contributed by atoms with Gasteiger partial charge in [0.05, 0.1) is 10.5 Å². The molecule has 0 atom stereocenters. The number of nitrogens with one attached hydrogen (secondary N) is 3. The molecule has 28 heavy (non-hydrogen) atoms. The Labute approximate surface area is 160 Å². The quantitative estimate of drug-likeness (QED) is 0.343. The number of carbonyl (C=O) groups excluding carboxylic acids is 2. The van der Waals surface area contributed by atoms with Gasteiger partial charge in [-0.15, -0.1) is 0 Å². The first-order valence-electron chi connectivity index (χ1n) is 9.09. The molecule has 5 N–H and O–H groups in total. The van der Waals surface area contributed by atoms with Crippen LogP contribution in [0.5, 0.6) is 0 Å². The third kappa shape index (κ3) is 4.61. The predicted molar refractivity (Wildman–Crippen MR) is 104 cm³/mol. The van der Waals surface area contributed by atoms with E-state index in [0.29, 0.717) is 53.5 Å². The largest absolute Gasteiger partial charge is 0.365 e. The van der Waals surface area contributed by atoms with Crippen LogP contribution in [0.1, 0.15) is 41.3 Å². The van der Waals surface area contributed by atoms with Crippen molar-refractivity contribution in [3.05, 3.63) is 52.1 Å². The summed E-state index contributed by atoms with van der Waals surface area (Å²) in [5.74, 6) is 0.0119. The summed E-state index contributed by atoms with van der Waals surface area (Å²) in [4.78, 5) is 42.0. The summed E-state index contributed by atoms with van der Waals surface area (Å²) in [5.41, 5.74) is 8.87. The zero-order valence-corrected chi connectivity index (χ0v) is 15.6. The molecule has 146 valence electrons. The molecule has 0 aliphatic carbocycles. The number of aromatic amines is 2. The van der Waals surface area contributed by atoms with E-state index in [1.807, 2.05) is 12.1 Å². The molecule has 0 bridgehead atoms. The number of benzene rings is 1. The van der Waals surface area contributed by atoms with E-state index in [4.69, 9.17) is 5.73 Å². The molecule has 0 saturated carbocycles. The highest BCUT2D eigenvalue weighted by Gasteiger charge is 2.18. The van der Waals surface area contributed by atoms with Gasteiger partial charge in [-0.2, -0.15) is 4.98 Å². The summed E-state index contributed by atoms with van der Waals surface area (Å²) in [7, 11) is 0. The molecule has 9 heteroatoms. The minimum Gasteiger partial charge on any atom is -0.365 e. The second-order valence-corrected chi connectivity index (χ2v) is 6.67. The van der Waals surface area contributed by atoms with E-state index in [0.717, 1.165) is 11.1 Å². The van der Waals surface area contributed by atoms with Gasteiger partial charge in [0, 0.05) is 24.7 Å². The molecular weight excluding hydrogens is 360 g/mol. The van der Waals surface area contributed by atoms with Crippen molar-refractivity contribution in [1.29, 1.82) is 0 Å². The topological polar surface area (TPSA) is 140 Å². The molecule has 0 saturated heterocycles. The first kappa shape index (κ1) is 19.3. The van der Waals surface area contributed by atoms with E-state index in [2.05, 4.69) is 20.4 Å². The van der Waals surface area contributed by atoms with E-state index >= 15 is 0 Å². The highest BCUT2D eigenvalue weighted by Crippen LogP contribution is 2.15. The van der Waals surface area contributed by atoms with Crippen molar-refractivity contribution in [1.82, 2.24) is 20.4 Å². The third-order valence-electron chi connectivity index (χ3n) is 4.45. The van der Waals surface area contributed by atoms with Gasteiger partial charge in [-0.25, -0.2) is 0 Å². The number of amides is 1. The number of nitrogen functional groups attached to an aromatic ring is 1. The van der Waals surface area contributed by atoms with Crippen LogP contribution in [0.25, 0.3) is 11.2 Å². The maximum Gasteiger partial charge on any atom is 0.339 e. The molecule has 3 aromatic rings. The molecule has 0 radical (unpaired) electrons. The number of nitrogens with zero attached hydrogens (tertiary/aromatic N) is 2. The molecule has 0 fully saturated rings. The van der Waals surface area contributed by atoms with Gasteiger partial charge in [0.1, 0.15) is 5.78 Å². The maximum atomic E-state index is 12.1. The number of aryl methyl sites for hydroxylation is 2. The minimum absolute atomic E-state index is 0.0473. The normalized spacial score (nSPS) is 10.9. The molecule has 1 amide bonds. The lowest BCUT2D eigenvalue weighted by molar-refractivity contribution is -0.535. The number of hydrogen-bond donors (Lipinski definition) is 4. The number of fused-ring (bicyclic) bond motifs is 1. The van der Waals surface area contributed by atoms with Gasteiger partial charge in [0.2, 0.25) is 5.65 Å². The van der Waals surface area contributed by atoms with Gasteiger partial charge in [0.15, 0.2) is 4.54 Å². The Morgan fingerprint density at radius 1 is 1.21 bits per heavy atom. The molecule has 9 nitrogen and oxygen atoms in total. The highest BCUT2D eigenvalue weighted by atomic mass is 16.3. The van der Waals surface area contributed by atoms with Gasteiger partial charge in [0.25, 0.3) is 11.9 Å². The fraction of sp³-hybridized carbons (Fsp3) is 0.316. The van der Waals surface area contributed by atoms with Gasteiger partial charge < -0.3 is 20.8 Å². The summed E-state index contributed by atoms with van der Waals surface area (Å²) < 4.78 is 0.614. The first-order valence-corrected chi connectivity index (χ1v) is 9.09. The van der Waals surface area contributed by atoms with E-state index in [1.165, 1.54) is 6.92 Å². The molecule has 2 aromatic heterocycles. The second-order valence-electron chi connectivity index (χ2n) is 6.67. The van der Waals surface area contributed by atoms with Crippen LogP contribution in [0.2, 0.25) is 0 Å². The Bertz CT molecular complexity index is 1050. The number of aromatic nitrogens is 4. The Hall–Kier alpha value is -3.49. The van der Waals surface area contributed by atoms with Crippen molar-refractivity contribution in [3.8, 4) is 0 Å². The van der Waals surface area contributed by atoms with Crippen LogP contribution in [0.4, 0.5) is 5.95 Å². The number of H-pyrrole nitrogens is 2. The lowest BCUT2D eigenvalue weighted by Crippen LogP contribution is -2.24. The monoisotopic (exact) mass is 383 g/mol. The molecule has 1 aromatic carbocycles. The van der Waals surface area contributed by atoms with E-state index in [9.17, 15) is 14.5 Å². The highest BCUT2D eigenvalue weighted by molar-refractivity contribution is 5.94. The number of carbonyl (C=O) groups is 2. The van der Waals surface area contributed by atoms with Gasteiger partial charge >= 0.3 is 5.52 Å². The van der Waals surface area contributed by atoms with Crippen LogP contribution >= 0.6 is 0 Å². The average Bonchev–Trinajstić information content (AvgIpc) is 3.06. The third-order valence-corrected chi connectivity index (χ3v) is 4.45. The van der Waals surface area contributed by atoms with Crippen molar-refractivity contribution in [2.24, 2.45) is 0 Å². The summed E-state index contributed by atoms with van der Waals surface area (Å²) in [6.07, 6.45) is 4.20. The molecular formula is C19H23N6O3+. The predicted octanol–water partition coefficient (Wildman–Crippen LogP) is 1.27. The Balaban J connectivity index is 1.58. The Kier molecular flexibility index (Phi) is 5.83. The number of rotatable bonds is 8. The number of nitrogens with two attached hydrogens (primary N) is 1. The molecule has 3 rings (SSSR count). The lowest BCUT2D eigenvalue weighted by atomic mass is 10.0. The van der Waals surface area contributed by atoms with Crippen LogP contribution in [-0.2, 0) is 17.6 Å². The number of hydrogen-bond acceptors (Lipinski definition) is 5. The molecule has 0 unspecified atom stereocenters. The number of ketones is 1. The van der Waals surface area contributed by atoms with Gasteiger partial charge in [-0.1, -0.05) is 17.2 Å². The van der Waals surface area contributed by atoms with Crippen LogP contribution in [0.3, 0.4) is 0 Å². The van der Waals surface area contributed by atoms with Crippen molar-refractivity contribution in [3.63, 3.8) is 0 Å². The molecule has 0 aliphatic rings. The average molecular weight is 383 g/mol. The van der Waals surface area contributed by atoms with Crippen LogP contribution in [0.15, 0.2) is 30.5 Å². The summed E-state index contributed by atoms with van der Waals surface area (Å²) >= 11 is 0. The van der Waals surface area contributed by atoms with Crippen molar-refractivity contribution in [2.45, 2.75) is 32.6 Å². The molecule has 0 aliphatic heterocycles. The fourth-order valence-electron chi connectivity index (χ4n) is 3.00. The Morgan fingerprint density at radius 3 is 2.68 bits per heavy atom. The number of Topliss-reactive ketones (excluding diaryl/α,β-unsaturated/α-hetero) is 1. The summed E-state index contributed by atoms with van der Waals surface area (Å²) in [5, 5.41) is 5.24. The standard InChI is InChI=1S/C19H22N6O3/c1-12(26)3-2-10-21-18(27)14-7-4-13(5-8-14)6-9-15-11-22-17-16(15)25(28)24-19(20)23-17/h4-5,7-8,11H,2-3,6,9-10H2,1H3,(H4-,20,21,22,23,24,27,28)/p+1. The van der Waals surface area contributed by atoms with Crippen LogP contribution < -0.4 is 15.6 Å². The van der Waals surface area contributed by atoms with E-state index in [-0.39, 0.29) is 17.6 Å². The SMILES string of the molecule is CC(=O)CCCNC(=O)c1ccc(CCc2c[nH]c3nc(N)[nH][n+](=O)c23)cc1. The van der Waals surface area contributed by atoms with Crippen molar-refractivity contribution < 1.29 is 14.1 Å². The van der Waals surface area contributed by atoms with Crippen LogP contribution in [-0.4, -0.2) is 33.3 Å². The van der Waals surface area contributed by atoms with E-state index in [1.54, 1.807) is 18.3 Å². The van der Waals surface area contributed by atoms with Crippen molar-refractivity contribution >= 4 is 28.8 Å².